The molecule has 0 heterocycles. The van der Waals surface area contributed by atoms with Gasteiger partial charge in [-0.1, -0.05) is 36.4 Å². The molecule has 2 aliphatic carbocycles. The summed E-state index contributed by atoms with van der Waals surface area (Å²) in [5.41, 5.74) is 3.44. The van der Waals surface area contributed by atoms with Crippen LogP contribution < -0.4 is 0 Å². The van der Waals surface area contributed by atoms with Gasteiger partial charge in [-0.15, -0.1) is 0 Å². The van der Waals surface area contributed by atoms with E-state index in [2.05, 4.69) is 29.2 Å². The minimum Gasteiger partial charge on any atom is -0.332 e. The molecule has 0 saturated heterocycles. The Balaban J connectivity index is 1.60. The Bertz CT molecular complexity index is 753. The van der Waals surface area contributed by atoms with Gasteiger partial charge in [-0.25, -0.2) is 4.39 Å². The molecule has 0 radical (unpaired) electrons. The van der Waals surface area contributed by atoms with Crippen molar-refractivity contribution in [1.29, 1.82) is 0 Å². The Labute approximate surface area is 142 Å². The normalized spacial score (nSPS) is 19.6. The van der Waals surface area contributed by atoms with Crippen LogP contribution >= 0.6 is 0 Å². The van der Waals surface area contributed by atoms with Crippen LogP contribution in [0.15, 0.2) is 48.5 Å². The topological polar surface area (TPSA) is 20.3 Å². The number of hydrogen-bond donors (Lipinski definition) is 0. The molecule has 2 nitrogen and oxygen atoms in total. The molecule has 2 aromatic rings. The average molecular weight is 323 g/mol. The minimum absolute atomic E-state index is 0.129. The van der Waals surface area contributed by atoms with E-state index < -0.39 is 0 Å². The minimum atomic E-state index is -0.277. The van der Waals surface area contributed by atoms with Crippen LogP contribution in [0.3, 0.4) is 0 Å². The van der Waals surface area contributed by atoms with E-state index in [1.54, 1.807) is 6.07 Å². The molecule has 4 rings (SSSR count). The predicted octanol–water partition coefficient (Wildman–Crippen LogP) is 4.44. The van der Waals surface area contributed by atoms with Crippen LogP contribution in [0.25, 0.3) is 0 Å². The Morgan fingerprint density at radius 1 is 1.08 bits per heavy atom. The summed E-state index contributed by atoms with van der Waals surface area (Å²) in [4.78, 5) is 15.1. The molecule has 1 saturated carbocycles. The van der Waals surface area contributed by atoms with E-state index in [0.717, 1.165) is 37.7 Å². The summed E-state index contributed by atoms with van der Waals surface area (Å²) < 4.78 is 13.4. The number of carbonyl (C=O) groups is 1. The zero-order valence-corrected chi connectivity index (χ0v) is 13.7. The summed E-state index contributed by atoms with van der Waals surface area (Å²) in [5, 5.41) is 0. The number of hydrogen-bond acceptors (Lipinski definition) is 1. The second-order valence-electron chi connectivity index (χ2n) is 6.95. The van der Waals surface area contributed by atoms with E-state index in [1.807, 2.05) is 6.07 Å². The summed E-state index contributed by atoms with van der Waals surface area (Å²) in [6.45, 7) is 0. The van der Waals surface area contributed by atoms with Crippen molar-refractivity contribution in [2.45, 2.75) is 50.6 Å². The first-order chi connectivity index (χ1) is 11.7. The number of rotatable bonds is 4. The van der Waals surface area contributed by atoms with Crippen molar-refractivity contribution in [3.05, 3.63) is 71.0 Å². The molecule has 24 heavy (non-hydrogen) atoms. The molecule has 1 amide bonds. The lowest BCUT2D eigenvalue weighted by molar-refractivity contribution is -0.134. The van der Waals surface area contributed by atoms with Gasteiger partial charge >= 0.3 is 0 Å². The molecule has 0 N–H and O–H groups in total. The van der Waals surface area contributed by atoms with E-state index in [0.29, 0.717) is 6.04 Å². The van der Waals surface area contributed by atoms with E-state index in [1.165, 1.54) is 23.3 Å². The average Bonchev–Trinajstić information content (AvgIpc) is 3.40. The number of fused-ring (bicyclic) bond motifs is 1. The third-order valence-electron chi connectivity index (χ3n) is 5.15. The fourth-order valence-corrected chi connectivity index (χ4v) is 3.91. The molecular weight excluding hydrogens is 301 g/mol. The summed E-state index contributed by atoms with van der Waals surface area (Å²) in [5.74, 6) is -0.147. The quantitative estimate of drug-likeness (QED) is 0.815. The second kappa shape index (κ2) is 6.39. The van der Waals surface area contributed by atoms with Crippen LogP contribution in [0.5, 0.6) is 0 Å². The van der Waals surface area contributed by atoms with Crippen molar-refractivity contribution in [2.24, 2.45) is 0 Å². The number of halogens is 1. The highest BCUT2D eigenvalue weighted by atomic mass is 19.1. The predicted molar refractivity (Wildman–Crippen MR) is 92.1 cm³/mol. The molecule has 124 valence electrons. The number of carbonyl (C=O) groups excluding carboxylic acids is 1. The van der Waals surface area contributed by atoms with E-state index in [-0.39, 0.29) is 24.2 Å². The third-order valence-corrected chi connectivity index (χ3v) is 5.15. The molecule has 0 bridgehead atoms. The van der Waals surface area contributed by atoms with Crippen molar-refractivity contribution in [1.82, 2.24) is 4.90 Å². The fraction of sp³-hybridized carbons (Fsp3) is 0.381. The van der Waals surface area contributed by atoms with Gasteiger partial charge < -0.3 is 4.90 Å². The van der Waals surface area contributed by atoms with E-state index in [9.17, 15) is 9.18 Å². The van der Waals surface area contributed by atoms with Crippen molar-refractivity contribution in [3.8, 4) is 0 Å². The van der Waals surface area contributed by atoms with Crippen LogP contribution in [0, 0.1) is 5.82 Å². The highest BCUT2D eigenvalue weighted by Gasteiger charge is 2.39. The first-order valence-corrected chi connectivity index (χ1v) is 8.86. The van der Waals surface area contributed by atoms with Crippen molar-refractivity contribution in [2.75, 3.05) is 0 Å². The molecule has 3 heteroatoms. The smallest absolute Gasteiger partial charge is 0.227 e. The molecule has 1 atom stereocenters. The maximum Gasteiger partial charge on any atom is 0.227 e. The van der Waals surface area contributed by atoms with Gasteiger partial charge in [-0.05, 0) is 60.9 Å². The molecular formula is C21H22FNO. The highest BCUT2D eigenvalue weighted by molar-refractivity contribution is 5.80. The summed E-state index contributed by atoms with van der Waals surface area (Å²) in [6, 6.07) is 15.5. The van der Waals surface area contributed by atoms with E-state index >= 15 is 0 Å². The van der Waals surface area contributed by atoms with Crippen LogP contribution in [0.2, 0.25) is 0 Å². The third kappa shape index (κ3) is 3.08. The standard InChI is InChI=1S/C21H22FNO/c22-17-8-3-5-15(13-17)14-21(24)23(18-11-12-18)20-10-4-7-16-6-1-2-9-19(16)20/h1-3,5-6,8-9,13,18,20H,4,7,10-12,14H2. The maximum atomic E-state index is 13.4. The van der Waals surface area contributed by atoms with Gasteiger partial charge in [0.25, 0.3) is 0 Å². The largest absolute Gasteiger partial charge is 0.332 e. The van der Waals surface area contributed by atoms with E-state index in [4.69, 9.17) is 0 Å². The number of aryl methyl sites for hydroxylation is 1. The van der Waals surface area contributed by atoms with Gasteiger partial charge in [0.15, 0.2) is 0 Å². The van der Waals surface area contributed by atoms with Crippen molar-refractivity contribution >= 4 is 5.91 Å². The summed E-state index contributed by atoms with van der Waals surface area (Å²) in [6.07, 6.45) is 5.72. The molecule has 0 aliphatic heterocycles. The Morgan fingerprint density at radius 2 is 1.92 bits per heavy atom. The summed E-state index contributed by atoms with van der Waals surface area (Å²) >= 11 is 0. The molecule has 1 fully saturated rings. The Morgan fingerprint density at radius 3 is 2.71 bits per heavy atom. The lowest BCUT2D eigenvalue weighted by atomic mass is 9.86. The van der Waals surface area contributed by atoms with Crippen LogP contribution in [0.1, 0.15) is 48.4 Å². The Hall–Kier alpha value is -2.16. The van der Waals surface area contributed by atoms with Gasteiger partial charge in [-0.2, -0.15) is 0 Å². The van der Waals surface area contributed by atoms with Gasteiger partial charge in [0, 0.05) is 6.04 Å². The number of benzene rings is 2. The first kappa shape index (κ1) is 15.4. The van der Waals surface area contributed by atoms with Gasteiger partial charge in [0.2, 0.25) is 5.91 Å². The zero-order chi connectivity index (χ0) is 16.5. The molecule has 1 unspecified atom stereocenters. The summed E-state index contributed by atoms with van der Waals surface area (Å²) in [7, 11) is 0. The first-order valence-electron chi connectivity index (χ1n) is 8.86. The fourth-order valence-electron chi connectivity index (χ4n) is 3.91. The number of nitrogens with zero attached hydrogens (tertiary/aromatic N) is 1. The molecule has 0 aromatic heterocycles. The lowest BCUT2D eigenvalue weighted by Crippen LogP contribution is -2.39. The molecule has 2 aliphatic rings. The molecule has 0 spiro atoms. The van der Waals surface area contributed by atoms with Crippen LogP contribution in [-0.4, -0.2) is 16.8 Å². The van der Waals surface area contributed by atoms with Crippen LogP contribution in [-0.2, 0) is 17.6 Å². The van der Waals surface area contributed by atoms with Gasteiger partial charge in [0.05, 0.1) is 12.5 Å². The van der Waals surface area contributed by atoms with Crippen molar-refractivity contribution < 1.29 is 9.18 Å². The van der Waals surface area contributed by atoms with Crippen molar-refractivity contribution in [3.63, 3.8) is 0 Å². The van der Waals surface area contributed by atoms with Gasteiger partial charge in [-0.3, -0.25) is 4.79 Å². The number of amides is 1. The monoisotopic (exact) mass is 323 g/mol. The SMILES string of the molecule is O=C(Cc1cccc(F)c1)N(C1CC1)C1CCCc2ccccc21. The Kier molecular flexibility index (Phi) is 4.09. The van der Waals surface area contributed by atoms with Gasteiger partial charge in [0.1, 0.15) is 5.82 Å². The second-order valence-corrected chi connectivity index (χ2v) is 6.95. The van der Waals surface area contributed by atoms with Crippen LogP contribution in [0.4, 0.5) is 4.39 Å². The zero-order valence-electron chi connectivity index (χ0n) is 13.7. The highest BCUT2D eigenvalue weighted by Crippen LogP contribution is 2.41. The molecule has 2 aromatic carbocycles. The maximum absolute atomic E-state index is 13.4. The lowest BCUT2D eigenvalue weighted by Gasteiger charge is -2.36.